The quantitative estimate of drug-likeness (QED) is 0.564. The highest BCUT2D eigenvalue weighted by Gasteiger charge is 2.25. The molecule has 0 saturated carbocycles. The molecule has 8 nitrogen and oxygen atoms in total. The van der Waals surface area contributed by atoms with Gasteiger partial charge < -0.3 is 24.6 Å². The Morgan fingerprint density at radius 1 is 0.853 bits per heavy atom. The maximum absolute atomic E-state index is 12.8. The number of benzene rings is 2. The van der Waals surface area contributed by atoms with Crippen molar-refractivity contribution in [2.24, 2.45) is 0 Å². The Kier molecular flexibility index (Phi) is 9.92. The van der Waals surface area contributed by atoms with E-state index in [-0.39, 0.29) is 19.7 Å². The molecule has 0 spiro atoms. The molecule has 0 aliphatic heterocycles. The molecule has 0 saturated heterocycles. The molecule has 1 atom stereocenters. The summed E-state index contributed by atoms with van der Waals surface area (Å²) in [6.07, 6.45) is -0.168. The Morgan fingerprint density at radius 3 is 1.94 bits per heavy atom. The summed E-state index contributed by atoms with van der Waals surface area (Å²) in [5.74, 6) is -0.514. The third kappa shape index (κ3) is 9.52. The van der Waals surface area contributed by atoms with Gasteiger partial charge in [-0.2, -0.15) is 0 Å². The Hall–Kier alpha value is -3.55. The smallest absolute Gasteiger partial charge is 0.410 e. The minimum absolute atomic E-state index is 0.122. The first-order valence-corrected chi connectivity index (χ1v) is 11.3. The lowest BCUT2D eigenvalue weighted by Gasteiger charge is -2.27. The highest BCUT2D eigenvalue weighted by Crippen LogP contribution is 2.10. The zero-order valence-electron chi connectivity index (χ0n) is 20.6. The van der Waals surface area contributed by atoms with E-state index in [4.69, 9.17) is 9.47 Å². The molecule has 8 heteroatoms. The lowest BCUT2D eigenvalue weighted by Crippen LogP contribution is -2.49. The molecule has 0 aliphatic carbocycles. The molecule has 0 radical (unpaired) electrons. The first-order valence-electron chi connectivity index (χ1n) is 11.3. The van der Waals surface area contributed by atoms with Gasteiger partial charge in [0.15, 0.2) is 0 Å². The number of nitrogens with zero attached hydrogens (tertiary/aromatic N) is 2. The Bertz CT molecular complexity index is 928. The Morgan fingerprint density at radius 2 is 1.38 bits per heavy atom. The van der Waals surface area contributed by atoms with Crippen molar-refractivity contribution >= 4 is 18.1 Å². The van der Waals surface area contributed by atoms with Crippen molar-refractivity contribution in [3.8, 4) is 0 Å². The maximum Gasteiger partial charge on any atom is 0.410 e. The first kappa shape index (κ1) is 26.7. The molecule has 1 N–H and O–H groups in total. The van der Waals surface area contributed by atoms with Crippen molar-refractivity contribution in [1.82, 2.24) is 15.1 Å². The van der Waals surface area contributed by atoms with Crippen molar-refractivity contribution in [2.45, 2.75) is 45.4 Å². The van der Waals surface area contributed by atoms with Crippen LogP contribution in [0.2, 0.25) is 0 Å². The fraction of sp³-hybridized carbons (Fsp3) is 0.423. The van der Waals surface area contributed by atoms with E-state index in [2.05, 4.69) is 5.32 Å². The van der Waals surface area contributed by atoms with Crippen LogP contribution in [0.3, 0.4) is 0 Å². The number of nitrogens with one attached hydrogen (secondary N) is 1. The van der Waals surface area contributed by atoms with Crippen LogP contribution in [0.1, 0.15) is 31.9 Å². The topological polar surface area (TPSA) is 88.2 Å². The lowest BCUT2D eigenvalue weighted by molar-refractivity contribution is -0.147. The number of carbonyl (C=O) groups is 3. The molecule has 3 amide bonds. The minimum Gasteiger partial charge on any atom is -0.459 e. The van der Waals surface area contributed by atoms with Crippen LogP contribution in [0.15, 0.2) is 60.7 Å². The van der Waals surface area contributed by atoms with Crippen LogP contribution in [0.25, 0.3) is 0 Å². The van der Waals surface area contributed by atoms with E-state index in [1.54, 1.807) is 34.9 Å². The predicted molar refractivity (Wildman–Crippen MR) is 130 cm³/mol. The van der Waals surface area contributed by atoms with Crippen LogP contribution in [0.4, 0.5) is 9.59 Å². The van der Waals surface area contributed by atoms with Gasteiger partial charge in [0.2, 0.25) is 0 Å². The van der Waals surface area contributed by atoms with Crippen molar-refractivity contribution in [1.29, 1.82) is 0 Å². The van der Waals surface area contributed by atoms with E-state index < -0.39 is 29.7 Å². The molecule has 34 heavy (non-hydrogen) atoms. The third-order valence-electron chi connectivity index (χ3n) is 4.91. The Balaban J connectivity index is 1.96. The molecular weight excluding hydrogens is 434 g/mol. The van der Waals surface area contributed by atoms with Gasteiger partial charge >= 0.3 is 18.1 Å². The van der Waals surface area contributed by atoms with Crippen molar-refractivity contribution in [3.63, 3.8) is 0 Å². The predicted octanol–water partition coefficient (Wildman–Crippen LogP) is 3.85. The average Bonchev–Trinajstić information content (AvgIpc) is 2.80. The monoisotopic (exact) mass is 469 g/mol. The third-order valence-corrected chi connectivity index (χ3v) is 4.91. The van der Waals surface area contributed by atoms with E-state index in [0.717, 1.165) is 11.1 Å². The molecule has 2 aromatic carbocycles. The van der Waals surface area contributed by atoms with E-state index >= 15 is 0 Å². The minimum atomic E-state index is -0.857. The second kappa shape index (κ2) is 12.6. The summed E-state index contributed by atoms with van der Waals surface area (Å²) in [5, 5.41) is 2.77. The number of amides is 3. The first-order chi connectivity index (χ1) is 16.0. The molecule has 0 aliphatic rings. The van der Waals surface area contributed by atoms with Gasteiger partial charge in [0.1, 0.15) is 18.2 Å². The van der Waals surface area contributed by atoms with Crippen LogP contribution in [0.5, 0.6) is 0 Å². The zero-order valence-corrected chi connectivity index (χ0v) is 20.6. The number of esters is 1. The van der Waals surface area contributed by atoms with Crippen LogP contribution in [-0.2, 0) is 27.3 Å². The molecule has 2 rings (SSSR count). The van der Waals surface area contributed by atoms with Crippen LogP contribution in [0, 0.1) is 0 Å². The number of ether oxygens (including phenoxy) is 2. The van der Waals surface area contributed by atoms with Gasteiger partial charge in [0.05, 0.1) is 0 Å². The average molecular weight is 470 g/mol. The molecular formula is C26H35N3O5. The number of carbonyl (C=O) groups excluding carboxylic acids is 3. The van der Waals surface area contributed by atoms with E-state index in [0.29, 0.717) is 6.42 Å². The van der Waals surface area contributed by atoms with Crippen molar-refractivity contribution in [3.05, 3.63) is 71.8 Å². The summed E-state index contributed by atoms with van der Waals surface area (Å²) in [7, 11) is 3.21. The zero-order chi connectivity index (χ0) is 25.1. The largest absolute Gasteiger partial charge is 0.459 e. The van der Waals surface area contributed by atoms with Gasteiger partial charge in [-0.3, -0.25) is 0 Å². The van der Waals surface area contributed by atoms with E-state index in [1.165, 1.54) is 9.80 Å². The molecule has 0 fully saturated rings. The molecule has 2 aromatic rings. The van der Waals surface area contributed by atoms with Crippen LogP contribution < -0.4 is 5.32 Å². The molecule has 0 aromatic heterocycles. The van der Waals surface area contributed by atoms with Crippen molar-refractivity contribution < 1.29 is 23.9 Å². The molecule has 184 valence electrons. The molecule has 0 bridgehead atoms. The van der Waals surface area contributed by atoms with Gasteiger partial charge in [-0.05, 0) is 31.9 Å². The number of likely N-dealkylation sites (N-methyl/N-ethyl adjacent to an activating group) is 2. The Labute approximate surface area is 201 Å². The fourth-order valence-electron chi connectivity index (χ4n) is 2.96. The summed E-state index contributed by atoms with van der Waals surface area (Å²) in [4.78, 5) is 40.6. The standard InChI is InChI=1S/C26H35N3O5/c1-26(2,3)34-25(32)29(5)17-16-28(4)24(31)27-22(18-20-12-8-6-9-13-20)23(30)33-19-21-14-10-7-11-15-21/h6-15,22H,16-19H2,1-5H3,(H,27,31)/t22-/m0/s1. The molecule has 0 unspecified atom stereocenters. The van der Waals surface area contributed by atoms with Crippen molar-refractivity contribution in [2.75, 3.05) is 27.2 Å². The van der Waals surface area contributed by atoms with Gasteiger partial charge in [-0.1, -0.05) is 60.7 Å². The summed E-state index contributed by atoms with van der Waals surface area (Å²) in [6, 6.07) is 17.5. The summed E-state index contributed by atoms with van der Waals surface area (Å²) in [5.41, 5.74) is 1.17. The SMILES string of the molecule is CN(CCN(C)C(=O)OC(C)(C)C)C(=O)N[C@@H](Cc1ccccc1)C(=O)OCc1ccccc1. The number of hydrogen-bond acceptors (Lipinski definition) is 5. The summed E-state index contributed by atoms with van der Waals surface area (Å²) < 4.78 is 10.8. The van der Waals surface area contributed by atoms with Crippen LogP contribution >= 0.6 is 0 Å². The highest BCUT2D eigenvalue weighted by atomic mass is 16.6. The van der Waals surface area contributed by atoms with Crippen LogP contribution in [-0.4, -0.2) is 66.7 Å². The lowest BCUT2D eigenvalue weighted by atomic mass is 10.1. The maximum atomic E-state index is 12.8. The van der Waals surface area contributed by atoms with Gasteiger partial charge in [0, 0.05) is 33.6 Å². The highest BCUT2D eigenvalue weighted by molar-refractivity contribution is 5.83. The number of hydrogen-bond donors (Lipinski definition) is 1. The van der Waals surface area contributed by atoms with E-state index in [1.807, 2.05) is 60.7 Å². The van der Waals surface area contributed by atoms with Gasteiger partial charge in [-0.25, -0.2) is 14.4 Å². The second-order valence-corrected chi connectivity index (χ2v) is 9.11. The number of urea groups is 1. The van der Waals surface area contributed by atoms with E-state index in [9.17, 15) is 14.4 Å². The summed E-state index contributed by atoms with van der Waals surface area (Å²) >= 11 is 0. The van der Waals surface area contributed by atoms with Gasteiger partial charge in [0.25, 0.3) is 0 Å². The normalized spacial score (nSPS) is 11.8. The second-order valence-electron chi connectivity index (χ2n) is 9.11. The fourth-order valence-corrected chi connectivity index (χ4v) is 2.96. The number of rotatable bonds is 9. The molecule has 0 heterocycles. The van der Waals surface area contributed by atoms with Gasteiger partial charge in [-0.15, -0.1) is 0 Å². The summed E-state index contributed by atoms with van der Waals surface area (Å²) in [6.45, 7) is 6.04.